The fraction of sp³-hybridized carbons (Fsp3) is 0.250. The Hall–Kier alpha value is -2.87. The highest BCUT2D eigenvalue weighted by molar-refractivity contribution is 8.14. The van der Waals surface area contributed by atoms with Gasteiger partial charge in [-0.2, -0.15) is 0 Å². The van der Waals surface area contributed by atoms with Crippen molar-refractivity contribution in [1.82, 2.24) is 9.80 Å². The molecule has 3 rings (SSSR count). The second-order valence-electron chi connectivity index (χ2n) is 6.47. The standard InChI is InChI=1S/C20H20FN3O3S/c1-13(16-5-3-4-6-17(16)21)23(2)19(26)22-15-9-7-14(8-10-15)11-24-18(25)12-28-20(24)27/h3-10,13H,11-12H2,1-2H3,(H,22,26). The van der Waals surface area contributed by atoms with E-state index in [4.69, 9.17) is 0 Å². The van der Waals surface area contributed by atoms with Gasteiger partial charge in [0.2, 0.25) is 5.91 Å². The molecule has 0 bridgehead atoms. The predicted molar refractivity (Wildman–Crippen MR) is 106 cm³/mol. The zero-order valence-electron chi connectivity index (χ0n) is 15.5. The lowest BCUT2D eigenvalue weighted by Gasteiger charge is -2.26. The van der Waals surface area contributed by atoms with Gasteiger partial charge in [-0.1, -0.05) is 42.1 Å². The van der Waals surface area contributed by atoms with Gasteiger partial charge in [0, 0.05) is 18.3 Å². The van der Waals surface area contributed by atoms with Crippen LogP contribution in [0.4, 0.5) is 19.7 Å². The fourth-order valence-corrected chi connectivity index (χ4v) is 3.54. The number of rotatable bonds is 5. The number of benzene rings is 2. The van der Waals surface area contributed by atoms with Gasteiger partial charge in [-0.3, -0.25) is 14.5 Å². The van der Waals surface area contributed by atoms with Crippen molar-refractivity contribution in [3.05, 3.63) is 65.5 Å². The SMILES string of the molecule is CC(c1ccccc1F)N(C)C(=O)Nc1ccc(CN2C(=O)CSC2=O)cc1. The topological polar surface area (TPSA) is 69.7 Å². The third-order valence-corrected chi connectivity index (χ3v) is 5.50. The van der Waals surface area contributed by atoms with E-state index < -0.39 is 6.04 Å². The molecule has 0 spiro atoms. The minimum absolute atomic E-state index is 0.180. The Labute approximate surface area is 166 Å². The van der Waals surface area contributed by atoms with Crippen LogP contribution in [0.5, 0.6) is 0 Å². The number of carbonyl (C=O) groups is 3. The van der Waals surface area contributed by atoms with Crippen molar-refractivity contribution in [2.75, 3.05) is 18.1 Å². The molecular formula is C20H20FN3O3S. The van der Waals surface area contributed by atoms with Crippen LogP contribution in [-0.4, -0.2) is 39.8 Å². The lowest BCUT2D eigenvalue weighted by Crippen LogP contribution is -2.34. The van der Waals surface area contributed by atoms with Gasteiger partial charge < -0.3 is 10.2 Å². The summed E-state index contributed by atoms with van der Waals surface area (Å²) in [5.74, 6) is -0.376. The molecule has 8 heteroatoms. The second-order valence-corrected chi connectivity index (χ2v) is 7.40. The number of imide groups is 1. The first kappa shape index (κ1) is 19.9. The Morgan fingerprint density at radius 2 is 1.89 bits per heavy atom. The van der Waals surface area contributed by atoms with E-state index in [0.717, 1.165) is 17.3 Å². The van der Waals surface area contributed by atoms with Gasteiger partial charge in [0.1, 0.15) is 5.82 Å². The molecule has 1 heterocycles. The van der Waals surface area contributed by atoms with Crippen molar-refractivity contribution >= 4 is 34.6 Å². The maximum Gasteiger partial charge on any atom is 0.322 e. The Bertz CT molecular complexity index is 888. The minimum Gasteiger partial charge on any atom is -0.321 e. The number of anilines is 1. The number of urea groups is 1. The largest absolute Gasteiger partial charge is 0.322 e. The van der Waals surface area contributed by atoms with Gasteiger partial charge in [-0.25, -0.2) is 9.18 Å². The van der Waals surface area contributed by atoms with Crippen LogP contribution >= 0.6 is 11.8 Å². The summed E-state index contributed by atoms with van der Waals surface area (Å²) in [7, 11) is 1.60. The lowest BCUT2D eigenvalue weighted by molar-refractivity contribution is -0.125. The van der Waals surface area contributed by atoms with Crippen LogP contribution in [0.2, 0.25) is 0 Å². The molecule has 6 nitrogen and oxygen atoms in total. The average Bonchev–Trinajstić information content (AvgIpc) is 3.00. The molecule has 1 aliphatic heterocycles. The van der Waals surface area contributed by atoms with Gasteiger partial charge in [-0.05, 0) is 30.7 Å². The van der Waals surface area contributed by atoms with Crippen molar-refractivity contribution in [3.63, 3.8) is 0 Å². The summed E-state index contributed by atoms with van der Waals surface area (Å²) in [6.45, 7) is 1.96. The van der Waals surface area contributed by atoms with Crippen molar-refractivity contribution < 1.29 is 18.8 Å². The number of halogens is 1. The van der Waals surface area contributed by atoms with Crippen molar-refractivity contribution in [3.8, 4) is 0 Å². The Kier molecular flexibility index (Phi) is 5.99. The molecule has 1 N–H and O–H groups in total. The Morgan fingerprint density at radius 1 is 1.21 bits per heavy atom. The van der Waals surface area contributed by atoms with Crippen LogP contribution < -0.4 is 5.32 Å². The number of carbonyl (C=O) groups excluding carboxylic acids is 3. The van der Waals surface area contributed by atoms with E-state index in [0.29, 0.717) is 11.3 Å². The van der Waals surface area contributed by atoms with Crippen LogP contribution in [0.15, 0.2) is 48.5 Å². The number of hydrogen-bond donors (Lipinski definition) is 1. The van der Waals surface area contributed by atoms with E-state index in [1.54, 1.807) is 56.4 Å². The number of amides is 4. The molecule has 1 atom stereocenters. The number of nitrogens with zero attached hydrogens (tertiary/aromatic N) is 2. The first-order valence-corrected chi connectivity index (χ1v) is 9.69. The van der Waals surface area contributed by atoms with Crippen LogP contribution in [0, 0.1) is 5.82 Å². The highest BCUT2D eigenvalue weighted by Crippen LogP contribution is 2.24. The third-order valence-electron chi connectivity index (χ3n) is 4.64. The maximum absolute atomic E-state index is 13.9. The van der Waals surface area contributed by atoms with Crippen LogP contribution in [-0.2, 0) is 11.3 Å². The van der Waals surface area contributed by atoms with Gasteiger partial charge in [0.25, 0.3) is 5.24 Å². The Balaban J connectivity index is 1.62. The van der Waals surface area contributed by atoms with Crippen LogP contribution in [0.25, 0.3) is 0 Å². The third kappa shape index (κ3) is 4.33. The molecule has 1 aliphatic rings. The van der Waals surface area contributed by atoms with E-state index in [9.17, 15) is 18.8 Å². The number of nitrogens with one attached hydrogen (secondary N) is 1. The molecular weight excluding hydrogens is 381 g/mol. The molecule has 2 aromatic rings. The maximum atomic E-state index is 13.9. The molecule has 0 radical (unpaired) electrons. The summed E-state index contributed by atoms with van der Waals surface area (Å²) in [5.41, 5.74) is 1.79. The molecule has 4 amide bonds. The average molecular weight is 401 g/mol. The summed E-state index contributed by atoms with van der Waals surface area (Å²) >= 11 is 0.998. The zero-order chi connectivity index (χ0) is 20.3. The number of hydrogen-bond acceptors (Lipinski definition) is 4. The van der Waals surface area contributed by atoms with E-state index in [1.165, 1.54) is 15.9 Å². The van der Waals surface area contributed by atoms with E-state index in [-0.39, 0.29) is 35.3 Å². The van der Waals surface area contributed by atoms with Crippen molar-refractivity contribution in [1.29, 1.82) is 0 Å². The summed E-state index contributed by atoms with van der Waals surface area (Å²) in [6.07, 6.45) is 0. The summed E-state index contributed by atoms with van der Waals surface area (Å²) in [4.78, 5) is 38.4. The highest BCUT2D eigenvalue weighted by atomic mass is 32.2. The first-order valence-electron chi connectivity index (χ1n) is 8.71. The summed E-state index contributed by atoms with van der Waals surface area (Å²) < 4.78 is 13.9. The van der Waals surface area contributed by atoms with Gasteiger partial charge in [0.15, 0.2) is 0 Å². The summed E-state index contributed by atoms with van der Waals surface area (Å²) in [5, 5.41) is 2.52. The van der Waals surface area contributed by atoms with Gasteiger partial charge >= 0.3 is 6.03 Å². The van der Waals surface area contributed by atoms with E-state index in [2.05, 4.69) is 5.32 Å². The molecule has 1 unspecified atom stereocenters. The minimum atomic E-state index is -0.440. The predicted octanol–water partition coefficient (Wildman–Crippen LogP) is 4.25. The first-order chi connectivity index (χ1) is 13.4. The molecule has 0 aliphatic carbocycles. The highest BCUT2D eigenvalue weighted by Gasteiger charge is 2.29. The lowest BCUT2D eigenvalue weighted by atomic mass is 10.1. The van der Waals surface area contributed by atoms with Gasteiger partial charge in [-0.15, -0.1) is 0 Å². The van der Waals surface area contributed by atoms with Crippen molar-refractivity contribution in [2.45, 2.75) is 19.5 Å². The molecule has 0 saturated carbocycles. The van der Waals surface area contributed by atoms with E-state index >= 15 is 0 Å². The van der Waals surface area contributed by atoms with E-state index in [1.807, 2.05) is 0 Å². The van der Waals surface area contributed by atoms with Gasteiger partial charge in [0.05, 0.1) is 18.3 Å². The normalized spacial score (nSPS) is 14.9. The monoisotopic (exact) mass is 401 g/mol. The van der Waals surface area contributed by atoms with Crippen LogP contribution in [0.1, 0.15) is 24.1 Å². The number of thioether (sulfide) groups is 1. The van der Waals surface area contributed by atoms with Crippen molar-refractivity contribution in [2.24, 2.45) is 0 Å². The molecule has 0 aromatic heterocycles. The quantitative estimate of drug-likeness (QED) is 0.813. The smallest absolute Gasteiger partial charge is 0.321 e. The van der Waals surface area contributed by atoms with Crippen LogP contribution in [0.3, 0.4) is 0 Å². The molecule has 1 saturated heterocycles. The molecule has 1 fully saturated rings. The zero-order valence-corrected chi connectivity index (χ0v) is 16.3. The molecule has 146 valence electrons. The fourth-order valence-electron chi connectivity index (χ4n) is 2.82. The summed E-state index contributed by atoms with van der Waals surface area (Å²) in [6, 6.07) is 12.4. The second kappa shape index (κ2) is 8.43. The molecule has 2 aromatic carbocycles. The Morgan fingerprint density at radius 3 is 2.50 bits per heavy atom. The molecule has 28 heavy (non-hydrogen) atoms.